The first-order chi connectivity index (χ1) is 15.2. The molecule has 0 radical (unpaired) electrons. The summed E-state index contributed by atoms with van der Waals surface area (Å²) in [5, 5.41) is 5.22. The summed E-state index contributed by atoms with van der Waals surface area (Å²) in [6.45, 7) is 5.74. The van der Waals surface area contributed by atoms with Gasteiger partial charge in [-0.1, -0.05) is 41.6 Å². The molecule has 0 fully saturated rings. The molecule has 0 aliphatic carbocycles. The number of pyridine rings is 1. The SMILES string of the molecule is CC(C)(C)[S@+]([O-])NC(Cc1ccc(F)c(Br)n1)c1ccccc1-c1noc2ccccc12. The molecule has 0 aliphatic rings. The Hall–Kier alpha value is -2.26. The van der Waals surface area contributed by atoms with Gasteiger partial charge in [0.2, 0.25) is 0 Å². The standard InChI is InChI=1S/C24H23BrFN3O2S/c1-24(2,3)32(30)29-20(14-15-12-13-19(26)23(25)27-15)16-8-4-5-9-17(16)22-18-10-6-7-11-21(18)31-28-22/h4-13,20,29H,14H2,1-3H3/t20?,32-/m0/s1. The Morgan fingerprint density at radius 2 is 1.81 bits per heavy atom. The van der Waals surface area contributed by atoms with E-state index in [1.54, 1.807) is 6.07 Å². The Balaban J connectivity index is 1.79. The van der Waals surface area contributed by atoms with Crippen LogP contribution in [0.5, 0.6) is 0 Å². The van der Waals surface area contributed by atoms with E-state index in [-0.39, 0.29) is 10.6 Å². The maximum absolute atomic E-state index is 13.7. The lowest BCUT2D eigenvalue weighted by molar-refractivity contribution is 0.459. The number of hydrogen-bond acceptors (Lipinski definition) is 5. The number of halogens is 2. The number of aromatic nitrogens is 2. The van der Waals surface area contributed by atoms with Gasteiger partial charge in [-0.3, -0.25) is 0 Å². The Labute approximate surface area is 197 Å². The molecule has 0 amide bonds. The average Bonchev–Trinajstić information content (AvgIpc) is 3.19. The molecule has 0 saturated heterocycles. The quantitative estimate of drug-likeness (QED) is 0.247. The first-order valence-electron chi connectivity index (χ1n) is 10.2. The summed E-state index contributed by atoms with van der Waals surface area (Å²) < 4.78 is 35.3. The minimum atomic E-state index is -1.34. The molecule has 4 aromatic rings. The summed E-state index contributed by atoms with van der Waals surface area (Å²) in [6.07, 6.45) is 0.410. The third-order valence-corrected chi connectivity index (χ3v) is 7.22. The average molecular weight is 516 g/mol. The first kappa shape index (κ1) is 22.9. The molecule has 166 valence electrons. The van der Waals surface area contributed by atoms with E-state index < -0.39 is 21.9 Å². The van der Waals surface area contributed by atoms with Crippen molar-refractivity contribution in [2.24, 2.45) is 0 Å². The molecule has 4 rings (SSSR count). The first-order valence-corrected chi connectivity index (χ1v) is 12.1. The van der Waals surface area contributed by atoms with Gasteiger partial charge in [0, 0.05) is 34.4 Å². The van der Waals surface area contributed by atoms with Crippen molar-refractivity contribution >= 4 is 38.3 Å². The molecule has 0 spiro atoms. The number of fused-ring (bicyclic) bond motifs is 1. The third kappa shape index (κ3) is 4.88. The van der Waals surface area contributed by atoms with Crippen molar-refractivity contribution in [3.63, 3.8) is 0 Å². The zero-order chi connectivity index (χ0) is 22.9. The van der Waals surface area contributed by atoms with Crippen molar-refractivity contribution in [1.82, 2.24) is 14.9 Å². The maximum atomic E-state index is 13.7. The predicted molar refractivity (Wildman–Crippen MR) is 129 cm³/mol. The number of nitrogens with one attached hydrogen (secondary N) is 1. The monoisotopic (exact) mass is 515 g/mol. The normalized spacial score (nSPS) is 13.9. The van der Waals surface area contributed by atoms with Crippen LogP contribution in [0.3, 0.4) is 0 Å². The Morgan fingerprint density at radius 1 is 1.09 bits per heavy atom. The van der Waals surface area contributed by atoms with E-state index >= 15 is 0 Å². The molecule has 32 heavy (non-hydrogen) atoms. The van der Waals surface area contributed by atoms with Gasteiger partial charge < -0.3 is 9.08 Å². The maximum Gasteiger partial charge on any atom is 0.167 e. The lowest BCUT2D eigenvalue weighted by Crippen LogP contribution is -2.42. The Bertz CT molecular complexity index is 1240. The van der Waals surface area contributed by atoms with E-state index in [9.17, 15) is 8.94 Å². The molecule has 0 saturated carbocycles. The van der Waals surface area contributed by atoms with Gasteiger partial charge in [-0.25, -0.2) is 9.37 Å². The topological polar surface area (TPSA) is 74.0 Å². The van der Waals surface area contributed by atoms with Crippen LogP contribution in [0.2, 0.25) is 0 Å². The van der Waals surface area contributed by atoms with Crippen LogP contribution in [0, 0.1) is 5.82 Å². The van der Waals surface area contributed by atoms with Crippen molar-refractivity contribution in [3.8, 4) is 11.3 Å². The van der Waals surface area contributed by atoms with Gasteiger partial charge in [0.15, 0.2) is 11.4 Å². The van der Waals surface area contributed by atoms with Crippen LogP contribution in [-0.4, -0.2) is 19.4 Å². The van der Waals surface area contributed by atoms with Crippen molar-refractivity contribution in [2.75, 3.05) is 0 Å². The predicted octanol–water partition coefficient (Wildman–Crippen LogP) is 6.13. The highest BCUT2D eigenvalue weighted by atomic mass is 79.9. The molecular weight excluding hydrogens is 493 g/mol. The van der Waals surface area contributed by atoms with E-state index in [4.69, 9.17) is 4.52 Å². The highest BCUT2D eigenvalue weighted by Crippen LogP contribution is 2.35. The van der Waals surface area contributed by atoms with E-state index in [0.29, 0.717) is 17.7 Å². The Morgan fingerprint density at radius 3 is 2.56 bits per heavy atom. The molecule has 2 heterocycles. The highest BCUT2D eigenvalue weighted by molar-refractivity contribution is 9.10. The van der Waals surface area contributed by atoms with Crippen LogP contribution in [0.15, 0.2) is 69.8 Å². The molecule has 2 atom stereocenters. The van der Waals surface area contributed by atoms with E-state index in [2.05, 4.69) is 30.8 Å². The second kappa shape index (κ2) is 9.31. The van der Waals surface area contributed by atoms with Crippen molar-refractivity contribution in [1.29, 1.82) is 0 Å². The lowest BCUT2D eigenvalue weighted by atomic mass is 9.94. The second-order valence-corrected chi connectivity index (χ2v) is 11.2. The summed E-state index contributed by atoms with van der Waals surface area (Å²) in [5.41, 5.74) is 3.87. The van der Waals surface area contributed by atoms with E-state index in [1.807, 2.05) is 69.3 Å². The molecule has 0 bridgehead atoms. The number of benzene rings is 2. The van der Waals surface area contributed by atoms with Gasteiger partial charge in [0.25, 0.3) is 0 Å². The minimum Gasteiger partial charge on any atom is -0.598 e. The zero-order valence-electron chi connectivity index (χ0n) is 17.9. The zero-order valence-corrected chi connectivity index (χ0v) is 20.3. The van der Waals surface area contributed by atoms with E-state index in [1.165, 1.54) is 6.07 Å². The smallest absolute Gasteiger partial charge is 0.167 e. The van der Waals surface area contributed by atoms with Crippen molar-refractivity contribution in [2.45, 2.75) is 38.0 Å². The van der Waals surface area contributed by atoms with Crippen LogP contribution >= 0.6 is 15.9 Å². The minimum absolute atomic E-state index is 0.154. The molecule has 8 heteroatoms. The summed E-state index contributed by atoms with van der Waals surface area (Å²) in [5.74, 6) is -0.425. The largest absolute Gasteiger partial charge is 0.598 e. The summed E-state index contributed by atoms with van der Waals surface area (Å²) in [4.78, 5) is 4.32. The molecule has 2 aromatic carbocycles. The Kier molecular flexibility index (Phi) is 6.67. The van der Waals surface area contributed by atoms with Gasteiger partial charge in [-0.2, -0.15) is 0 Å². The highest BCUT2D eigenvalue weighted by Gasteiger charge is 2.31. The van der Waals surface area contributed by atoms with Gasteiger partial charge in [-0.05, 0) is 66.5 Å². The van der Waals surface area contributed by atoms with Crippen LogP contribution in [-0.2, 0) is 17.8 Å². The van der Waals surface area contributed by atoms with Gasteiger partial charge >= 0.3 is 0 Å². The van der Waals surface area contributed by atoms with Crippen LogP contribution in [0.25, 0.3) is 22.2 Å². The third-order valence-electron chi connectivity index (χ3n) is 5.05. The molecule has 1 N–H and O–H groups in total. The molecule has 0 aliphatic heterocycles. The van der Waals surface area contributed by atoms with Crippen LogP contribution in [0.4, 0.5) is 4.39 Å². The van der Waals surface area contributed by atoms with Gasteiger partial charge in [0.1, 0.15) is 15.0 Å². The number of nitrogens with zero attached hydrogens (tertiary/aromatic N) is 2. The number of hydrogen-bond donors (Lipinski definition) is 1. The van der Waals surface area contributed by atoms with Gasteiger partial charge in [-0.15, -0.1) is 4.72 Å². The molecule has 2 aromatic heterocycles. The van der Waals surface area contributed by atoms with Crippen molar-refractivity contribution in [3.05, 3.63) is 82.3 Å². The molecule has 5 nitrogen and oxygen atoms in total. The summed E-state index contributed by atoms with van der Waals surface area (Å²) in [7, 11) is 0. The number of para-hydroxylation sites is 1. The molecule has 1 unspecified atom stereocenters. The fraction of sp³-hybridized carbons (Fsp3) is 0.250. The fourth-order valence-corrected chi connectivity index (χ4v) is 4.58. The second-order valence-electron chi connectivity index (χ2n) is 8.45. The van der Waals surface area contributed by atoms with Gasteiger partial charge in [0.05, 0.1) is 6.04 Å². The summed E-state index contributed by atoms with van der Waals surface area (Å²) in [6, 6.07) is 18.2. The lowest BCUT2D eigenvalue weighted by Gasteiger charge is -2.29. The number of rotatable bonds is 6. The molecular formula is C24H23BrFN3O2S. The van der Waals surface area contributed by atoms with Crippen LogP contribution < -0.4 is 4.72 Å². The summed E-state index contributed by atoms with van der Waals surface area (Å²) >= 11 is 1.82. The fourth-order valence-electron chi connectivity index (χ4n) is 3.40. The van der Waals surface area contributed by atoms with Crippen molar-refractivity contribution < 1.29 is 13.5 Å². The van der Waals surface area contributed by atoms with Crippen LogP contribution in [0.1, 0.15) is 38.1 Å². The van der Waals surface area contributed by atoms with E-state index in [0.717, 1.165) is 22.2 Å².